The van der Waals surface area contributed by atoms with E-state index in [9.17, 15) is 8.42 Å². The van der Waals surface area contributed by atoms with Gasteiger partial charge in [-0.15, -0.1) is 0 Å². The van der Waals surface area contributed by atoms with E-state index in [1.54, 1.807) is 30.3 Å². The number of rotatable bonds is 3. The Balaban J connectivity index is 2.74. The van der Waals surface area contributed by atoms with Crippen molar-refractivity contribution in [3.05, 3.63) is 35.9 Å². The maximum Gasteiger partial charge on any atom is 0.285 e. The summed E-state index contributed by atoms with van der Waals surface area (Å²) in [5, 5.41) is 18.1. The van der Waals surface area contributed by atoms with E-state index in [1.807, 2.05) is 0 Å². The molecule has 6 nitrogen and oxygen atoms in total. The zero-order valence-corrected chi connectivity index (χ0v) is 8.98. The molecule has 0 bridgehead atoms. The fourth-order valence-corrected chi connectivity index (χ4v) is 1.70. The third-order valence-corrected chi connectivity index (χ3v) is 2.96. The van der Waals surface area contributed by atoms with E-state index in [1.165, 1.54) is 6.07 Å². The molecule has 0 aliphatic carbocycles. The first-order valence-electron chi connectivity index (χ1n) is 4.26. The minimum atomic E-state index is -4.03. The molecule has 84 valence electrons. The van der Waals surface area contributed by atoms with Gasteiger partial charge in [0.2, 0.25) is 0 Å². The van der Waals surface area contributed by atoms with Gasteiger partial charge < -0.3 is 5.21 Å². The van der Waals surface area contributed by atoms with Crippen LogP contribution in [0, 0.1) is 11.3 Å². The summed E-state index contributed by atoms with van der Waals surface area (Å²) in [5.41, 5.74) is 0.737. The van der Waals surface area contributed by atoms with Crippen molar-refractivity contribution in [2.24, 2.45) is 5.16 Å². The first kappa shape index (κ1) is 12.2. The van der Waals surface area contributed by atoms with Crippen LogP contribution in [-0.4, -0.2) is 18.7 Å². The Morgan fingerprint density at radius 3 is 2.56 bits per heavy atom. The number of nitrogens with one attached hydrogen (secondary N) is 1. The number of hydrogen-bond acceptors (Lipinski definition) is 5. The lowest BCUT2D eigenvalue weighted by molar-refractivity contribution is 0.321. The highest BCUT2D eigenvalue weighted by Crippen LogP contribution is 1.99. The van der Waals surface area contributed by atoms with Crippen LogP contribution in [0.15, 0.2) is 35.5 Å². The predicted octanol–water partition coefficient (Wildman–Crippen LogP) is 0.417. The molecule has 2 N–H and O–H groups in total. The SMILES string of the molecule is N#CC(=NO)S(=O)(=O)NCc1ccccc1. The summed E-state index contributed by atoms with van der Waals surface area (Å²) in [6.07, 6.45) is 0. The van der Waals surface area contributed by atoms with Gasteiger partial charge in [0.15, 0.2) is 0 Å². The van der Waals surface area contributed by atoms with Gasteiger partial charge in [-0.25, -0.2) is 13.1 Å². The predicted molar refractivity (Wildman–Crippen MR) is 57.0 cm³/mol. The summed E-state index contributed by atoms with van der Waals surface area (Å²) < 4.78 is 24.8. The van der Waals surface area contributed by atoms with Gasteiger partial charge in [-0.3, -0.25) is 0 Å². The van der Waals surface area contributed by atoms with Gasteiger partial charge in [-0.05, 0) is 5.56 Å². The van der Waals surface area contributed by atoms with Crippen LogP contribution in [-0.2, 0) is 16.6 Å². The fourth-order valence-electron chi connectivity index (χ4n) is 0.979. The molecule has 1 aromatic carbocycles. The number of hydrogen-bond donors (Lipinski definition) is 2. The Labute approximate surface area is 92.9 Å². The van der Waals surface area contributed by atoms with Crippen molar-refractivity contribution in [2.75, 3.05) is 0 Å². The zero-order chi connectivity index (χ0) is 12.0. The summed E-state index contributed by atoms with van der Waals surface area (Å²) in [7, 11) is -4.03. The molecule has 0 saturated carbocycles. The lowest BCUT2D eigenvalue weighted by atomic mass is 10.2. The highest BCUT2D eigenvalue weighted by atomic mass is 32.2. The highest BCUT2D eigenvalue weighted by molar-refractivity contribution is 8.05. The van der Waals surface area contributed by atoms with E-state index in [2.05, 4.69) is 9.88 Å². The van der Waals surface area contributed by atoms with E-state index in [0.29, 0.717) is 0 Å². The average molecular weight is 239 g/mol. The van der Waals surface area contributed by atoms with E-state index in [0.717, 1.165) is 5.56 Å². The van der Waals surface area contributed by atoms with Gasteiger partial charge in [-0.1, -0.05) is 35.5 Å². The normalized spacial score (nSPS) is 12.1. The minimum Gasteiger partial charge on any atom is -0.409 e. The largest absolute Gasteiger partial charge is 0.409 e. The number of benzene rings is 1. The van der Waals surface area contributed by atoms with Gasteiger partial charge in [0.25, 0.3) is 15.1 Å². The zero-order valence-electron chi connectivity index (χ0n) is 8.16. The lowest BCUT2D eigenvalue weighted by Gasteiger charge is -2.03. The molecule has 1 aromatic rings. The molecule has 0 heterocycles. The lowest BCUT2D eigenvalue weighted by Crippen LogP contribution is -2.29. The van der Waals surface area contributed by atoms with Crippen LogP contribution < -0.4 is 4.72 Å². The first-order chi connectivity index (χ1) is 7.60. The van der Waals surface area contributed by atoms with Crippen LogP contribution in [0.1, 0.15) is 5.56 Å². The molecule has 0 aliphatic rings. The van der Waals surface area contributed by atoms with Gasteiger partial charge >= 0.3 is 0 Å². The molecule has 0 saturated heterocycles. The van der Waals surface area contributed by atoms with Crippen LogP contribution in [0.5, 0.6) is 0 Å². The first-order valence-corrected chi connectivity index (χ1v) is 5.74. The Kier molecular flexibility index (Phi) is 3.99. The van der Waals surface area contributed by atoms with E-state index in [4.69, 9.17) is 10.5 Å². The topological polar surface area (TPSA) is 103 Å². The second-order valence-electron chi connectivity index (χ2n) is 2.83. The Morgan fingerprint density at radius 1 is 1.44 bits per heavy atom. The summed E-state index contributed by atoms with van der Waals surface area (Å²) >= 11 is 0. The molecule has 0 unspecified atom stereocenters. The number of nitrogens with zero attached hydrogens (tertiary/aromatic N) is 2. The Hall–Kier alpha value is -1.91. The van der Waals surface area contributed by atoms with Crippen LogP contribution in [0.2, 0.25) is 0 Å². The Morgan fingerprint density at radius 2 is 2.06 bits per heavy atom. The minimum absolute atomic E-state index is 0.0316. The Bertz CT molecular complexity index is 517. The van der Waals surface area contributed by atoms with Crippen molar-refractivity contribution in [2.45, 2.75) is 6.54 Å². The molecule has 7 heteroatoms. The maximum atomic E-state index is 11.3. The van der Waals surface area contributed by atoms with Crippen molar-refractivity contribution in [3.63, 3.8) is 0 Å². The van der Waals surface area contributed by atoms with Crippen LogP contribution in [0.3, 0.4) is 0 Å². The van der Waals surface area contributed by atoms with Crippen LogP contribution >= 0.6 is 0 Å². The summed E-state index contributed by atoms with van der Waals surface area (Å²) in [6, 6.07) is 10.0. The second-order valence-corrected chi connectivity index (χ2v) is 4.51. The molecular weight excluding hydrogens is 230 g/mol. The van der Waals surface area contributed by atoms with Crippen molar-refractivity contribution >= 4 is 15.1 Å². The van der Waals surface area contributed by atoms with Crippen molar-refractivity contribution < 1.29 is 13.6 Å². The number of sulfonamides is 1. The third kappa shape index (κ3) is 3.05. The van der Waals surface area contributed by atoms with E-state index in [-0.39, 0.29) is 6.54 Å². The summed E-state index contributed by atoms with van der Waals surface area (Å²) in [4.78, 5) is 0. The van der Waals surface area contributed by atoms with E-state index >= 15 is 0 Å². The second kappa shape index (κ2) is 5.25. The third-order valence-electron chi connectivity index (χ3n) is 1.75. The standard InChI is InChI=1S/C9H9N3O3S/c10-6-9(12-13)16(14,15)11-7-8-4-2-1-3-5-8/h1-5,11,13H,7H2. The van der Waals surface area contributed by atoms with Gasteiger partial charge in [-0.2, -0.15) is 5.26 Å². The van der Waals surface area contributed by atoms with Crippen molar-refractivity contribution in [1.29, 1.82) is 5.26 Å². The quantitative estimate of drug-likeness (QED) is 0.345. The highest BCUT2D eigenvalue weighted by Gasteiger charge is 2.19. The molecule has 0 fully saturated rings. The average Bonchev–Trinajstić information content (AvgIpc) is 2.29. The molecule has 1 rings (SSSR count). The van der Waals surface area contributed by atoms with Crippen molar-refractivity contribution in [1.82, 2.24) is 4.72 Å². The fraction of sp³-hybridized carbons (Fsp3) is 0.111. The van der Waals surface area contributed by atoms with Gasteiger partial charge in [0, 0.05) is 6.54 Å². The number of oxime groups is 1. The summed E-state index contributed by atoms with van der Waals surface area (Å²) in [6.45, 7) is 0.0316. The van der Waals surface area contributed by atoms with Gasteiger partial charge in [0.1, 0.15) is 6.07 Å². The van der Waals surface area contributed by atoms with Crippen LogP contribution in [0.4, 0.5) is 0 Å². The maximum absolute atomic E-state index is 11.3. The summed E-state index contributed by atoms with van der Waals surface area (Å²) in [5.74, 6) is 0. The molecule has 0 aromatic heterocycles. The van der Waals surface area contributed by atoms with Gasteiger partial charge in [0.05, 0.1) is 0 Å². The molecule has 16 heavy (non-hydrogen) atoms. The molecular formula is C9H9N3O3S. The molecule has 0 radical (unpaired) electrons. The molecule has 0 atom stereocenters. The monoisotopic (exact) mass is 239 g/mol. The van der Waals surface area contributed by atoms with E-state index < -0.39 is 15.1 Å². The molecule has 0 aliphatic heterocycles. The van der Waals surface area contributed by atoms with Crippen molar-refractivity contribution in [3.8, 4) is 6.07 Å². The van der Waals surface area contributed by atoms with Crippen LogP contribution in [0.25, 0.3) is 0 Å². The smallest absolute Gasteiger partial charge is 0.285 e. The number of nitriles is 1. The molecule has 0 amide bonds. The molecule has 0 spiro atoms.